The van der Waals surface area contributed by atoms with E-state index in [1.165, 1.54) is 18.2 Å². The number of rotatable bonds is 6. The van der Waals surface area contributed by atoms with E-state index in [9.17, 15) is 14.4 Å². The molecule has 1 rings (SSSR count). The zero-order valence-corrected chi connectivity index (χ0v) is 13.7. The van der Waals surface area contributed by atoms with Crippen molar-refractivity contribution in [2.45, 2.75) is 19.9 Å². The van der Waals surface area contributed by atoms with Crippen LogP contribution in [0.15, 0.2) is 18.2 Å². The SMILES string of the molecule is CC(C)[C@H](NC(=O)c1ccc(Cl)cc1Cl)C(=O)NCC(N)=O. The first-order chi connectivity index (χ1) is 10.2. The fraction of sp³-hybridized carbons (Fsp3) is 0.357. The first kappa shape index (κ1) is 18.3. The Bertz CT molecular complexity index is 591. The normalized spacial score (nSPS) is 11.9. The van der Waals surface area contributed by atoms with Crippen molar-refractivity contribution in [2.75, 3.05) is 6.54 Å². The van der Waals surface area contributed by atoms with Crippen LogP contribution in [0.4, 0.5) is 0 Å². The maximum absolute atomic E-state index is 12.2. The molecule has 6 nitrogen and oxygen atoms in total. The molecule has 120 valence electrons. The Kier molecular flexibility index (Phi) is 6.64. The van der Waals surface area contributed by atoms with Crippen LogP contribution >= 0.6 is 23.2 Å². The van der Waals surface area contributed by atoms with Gasteiger partial charge in [0.15, 0.2) is 0 Å². The molecule has 0 aromatic heterocycles. The zero-order chi connectivity index (χ0) is 16.9. The number of carbonyl (C=O) groups is 3. The number of carbonyl (C=O) groups excluding carboxylic acids is 3. The van der Waals surface area contributed by atoms with E-state index in [1.54, 1.807) is 13.8 Å². The van der Waals surface area contributed by atoms with Crippen LogP contribution in [-0.4, -0.2) is 30.3 Å². The smallest absolute Gasteiger partial charge is 0.253 e. The summed E-state index contributed by atoms with van der Waals surface area (Å²) in [5.74, 6) is -1.85. The van der Waals surface area contributed by atoms with Gasteiger partial charge < -0.3 is 16.4 Å². The predicted molar refractivity (Wildman–Crippen MR) is 84.8 cm³/mol. The minimum absolute atomic E-state index is 0.185. The highest BCUT2D eigenvalue weighted by atomic mass is 35.5. The van der Waals surface area contributed by atoms with E-state index in [2.05, 4.69) is 10.6 Å². The molecule has 0 heterocycles. The van der Waals surface area contributed by atoms with E-state index in [-0.39, 0.29) is 23.0 Å². The third-order valence-electron chi connectivity index (χ3n) is 2.85. The van der Waals surface area contributed by atoms with Crippen molar-refractivity contribution in [3.8, 4) is 0 Å². The van der Waals surface area contributed by atoms with Crippen molar-refractivity contribution in [1.29, 1.82) is 0 Å². The summed E-state index contributed by atoms with van der Waals surface area (Å²) in [4.78, 5) is 34.9. The fourth-order valence-corrected chi connectivity index (χ4v) is 2.21. The molecule has 0 saturated heterocycles. The summed E-state index contributed by atoms with van der Waals surface area (Å²) in [6.45, 7) is 3.23. The van der Waals surface area contributed by atoms with E-state index in [1.807, 2.05) is 0 Å². The lowest BCUT2D eigenvalue weighted by Crippen LogP contribution is -2.51. The van der Waals surface area contributed by atoms with Crippen LogP contribution in [0.25, 0.3) is 0 Å². The number of hydrogen-bond acceptors (Lipinski definition) is 3. The van der Waals surface area contributed by atoms with E-state index in [4.69, 9.17) is 28.9 Å². The molecule has 0 unspecified atom stereocenters. The number of halogens is 2. The summed E-state index contributed by atoms with van der Waals surface area (Å²) < 4.78 is 0. The number of nitrogens with one attached hydrogen (secondary N) is 2. The van der Waals surface area contributed by atoms with Gasteiger partial charge in [0, 0.05) is 5.02 Å². The van der Waals surface area contributed by atoms with Crippen molar-refractivity contribution in [1.82, 2.24) is 10.6 Å². The monoisotopic (exact) mass is 345 g/mol. The van der Waals surface area contributed by atoms with Gasteiger partial charge in [-0.15, -0.1) is 0 Å². The standard InChI is InChI=1S/C14H17Cl2N3O3/c1-7(2)12(14(22)18-6-11(17)20)19-13(21)9-4-3-8(15)5-10(9)16/h3-5,7,12H,6H2,1-2H3,(H2,17,20)(H,18,22)(H,19,21)/t12-/m0/s1. The van der Waals surface area contributed by atoms with Gasteiger partial charge in [-0.25, -0.2) is 0 Å². The van der Waals surface area contributed by atoms with Crippen molar-refractivity contribution in [3.63, 3.8) is 0 Å². The largest absolute Gasteiger partial charge is 0.368 e. The lowest BCUT2D eigenvalue weighted by atomic mass is 10.0. The summed E-state index contributed by atoms with van der Waals surface area (Å²) in [7, 11) is 0. The topological polar surface area (TPSA) is 101 Å². The average molecular weight is 346 g/mol. The van der Waals surface area contributed by atoms with Gasteiger partial charge in [0.25, 0.3) is 5.91 Å². The minimum atomic E-state index is -0.821. The molecule has 1 aromatic carbocycles. The Morgan fingerprint density at radius 3 is 2.36 bits per heavy atom. The van der Waals surface area contributed by atoms with Gasteiger partial charge in [-0.05, 0) is 24.1 Å². The Morgan fingerprint density at radius 1 is 1.23 bits per heavy atom. The predicted octanol–water partition coefficient (Wildman–Crippen LogP) is 1.35. The summed E-state index contributed by atoms with van der Waals surface area (Å²) >= 11 is 11.7. The molecule has 1 atom stereocenters. The van der Waals surface area contributed by atoms with Crippen LogP contribution < -0.4 is 16.4 Å². The molecule has 0 bridgehead atoms. The Labute approximate surface area is 138 Å². The highest BCUT2D eigenvalue weighted by molar-refractivity contribution is 6.36. The molecule has 8 heteroatoms. The van der Waals surface area contributed by atoms with Crippen molar-refractivity contribution < 1.29 is 14.4 Å². The van der Waals surface area contributed by atoms with Gasteiger partial charge in [-0.1, -0.05) is 37.0 Å². The quantitative estimate of drug-likeness (QED) is 0.725. The van der Waals surface area contributed by atoms with Gasteiger partial charge in [-0.2, -0.15) is 0 Å². The lowest BCUT2D eigenvalue weighted by Gasteiger charge is -2.21. The highest BCUT2D eigenvalue weighted by Gasteiger charge is 2.25. The number of primary amides is 1. The Morgan fingerprint density at radius 2 is 1.86 bits per heavy atom. The number of amides is 3. The van der Waals surface area contributed by atoms with E-state index in [0.29, 0.717) is 5.02 Å². The first-order valence-electron chi connectivity index (χ1n) is 6.54. The van der Waals surface area contributed by atoms with Crippen LogP contribution in [0, 0.1) is 5.92 Å². The number of nitrogens with two attached hydrogens (primary N) is 1. The number of hydrogen-bond donors (Lipinski definition) is 3. The molecule has 3 amide bonds. The molecular weight excluding hydrogens is 329 g/mol. The number of benzene rings is 1. The molecule has 0 saturated carbocycles. The highest BCUT2D eigenvalue weighted by Crippen LogP contribution is 2.21. The minimum Gasteiger partial charge on any atom is -0.368 e. The second kappa shape index (κ2) is 8.00. The average Bonchev–Trinajstić information content (AvgIpc) is 2.41. The molecule has 0 radical (unpaired) electrons. The van der Waals surface area contributed by atoms with Crippen LogP contribution in [-0.2, 0) is 9.59 Å². The second-order valence-corrected chi connectivity index (χ2v) is 5.85. The molecule has 22 heavy (non-hydrogen) atoms. The van der Waals surface area contributed by atoms with E-state index in [0.717, 1.165) is 0 Å². The molecule has 0 aliphatic carbocycles. The van der Waals surface area contributed by atoms with Crippen LogP contribution in [0.5, 0.6) is 0 Å². The third-order valence-corrected chi connectivity index (χ3v) is 3.40. The molecular formula is C14H17Cl2N3O3. The molecule has 0 aliphatic rings. The van der Waals surface area contributed by atoms with Crippen LogP contribution in [0.3, 0.4) is 0 Å². The zero-order valence-electron chi connectivity index (χ0n) is 12.2. The van der Waals surface area contributed by atoms with E-state index < -0.39 is 23.8 Å². The van der Waals surface area contributed by atoms with Gasteiger partial charge >= 0.3 is 0 Å². The molecule has 0 spiro atoms. The van der Waals surface area contributed by atoms with Gasteiger partial charge in [0.05, 0.1) is 17.1 Å². The van der Waals surface area contributed by atoms with Crippen molar-refractivity contribution in [3.05, 3.63) is 33.8 Å². The maximum atomic E-state index is 12.2. The molecule has 4 N–H and O–H groups in total. The summed E-state index contributed by atoms with van der Waals surface area (Å²) in [6.07, 6.45) is 0. The first-order valence-corrected chi connectivity index (χ1v) is 7.30. The Hall–Kier alpha value is -1.79. The molecule has 0 aliphatic heterocycles. The summed E-state index contributed by atoms with van der Waals surface area (Å²) in [5, 5.41) is 5.54. The second-order valence-electron chi connectivity index (χ2n) is 5.00. The van der Waals surface area contributed by atoms with Gasteiger partial charge in [0.1, 0.15) is 6.04 Å². The fourth-order valence-electron chi connectivity index (χ4n) is 1.71. The van der Waals surface area contributed by atoms with Crippen molar-refractivity contribution >= 4 is 40.9 Å². The maximum Gasteiger partial charge on any atom is 0.253 e. The van der Waals surface area contributed by atoms with Crippen LogP contribution in [0.1, 0.15) is 24.2 Å². The Balaban J connectivity index is 2.84. The van der Waals surface area contributed by atoms with Gasteiger partial charge in [0.2, 0.25) is 11.8 Å². The lowest BCUT2D eigenvalue weighted by molar-refractivity contribution is -0.126. The molecule has 0 fully saturated rings. The van der Waals surface area contributed by atoms with Crippen molar-refractivity contribution in [2.24, 2.45) is 11.7 Å². The van der Waals surface area contributed by atoms with Gasteiger partial charge in [-0.3, -0.25) is 14.4 Å². The van der Waals surface area contributed by atoms with Crippen LogP contribution in [0.2, 0.25) is 10.0 Å². The molecule has 1 aromatic rings. The summed E-state index contributed by atoms with van der Waals surface area (Å²) in [6, 6.07) is 3.62. The van der Waals surface area contributed by atoms with E-state index >= 15 is 0 Å². The summed E-state index contributed by atoms with van der Waals surface area (Å²) in [5.41, 5.74) is 5.18. The third kappa shape index (κ3) is 5.20.